The lowest BCUT2D eigenvalue weighted by Gasteiger charge is -2.23. The molecule has 0 aromatic rings. The molecule has 0 amide bonds. The Labute approximate surface area is 156 Å². The molecule has 0 saturated heterocycles. The molecule has 0 N–H and O–H groups in total. The van der Waals surface area contributed by atoms with Crippen molar-refractivity contribution in [2.75, 3.05) is 33.4 Å². The van der Waals surface area contributed by atoms with Gasteiger partial charge in [-0.1, -0.05) is 95.7 Å². The highest BCUT2D eigenvalue weighted by Crippen LogP contribution is 2.14. The van der Waals surface area contributed by atoms with Crippen molar-refractivity contribution in [2.45, 2.75) is 96.8 Å². The highest BCUT2D eigenvalue weighted by atomic mass is 32.2. The molecule has 0 saturated carbocycles. The number of nitrogens with zero attached hydrogens (tertiary/aromatic N) is 1. The number of quaternary nitrogens is 1. The SMILES string of the molecule is CCCCCCCCCCCCCCCC(=O)SCC[N+](C)(C)C. The van der Waals surface area contributed by atoms with Crippen LogP contribution in [-0.2, 0) is 4.79 Å². The van der Waals surface area contributed by atoms with Crippen molar-refractivity contribution in [3.63, 3.8) is 0 Å². The number of thioether (sulfide) groups is 1. The van der Waals surface area contributed by atoms with E-state index in [-0.39, 0.29) is 0 Å². The maximum Gasteiger partial charge on any atom is 0.189 e. The third kappa shape index (κ3) is 20.0. The highest BCUT2D eigenvalue weighted by Gasteiger charge is 2.09. The first-order chi connectivity index (χ1) is 11.5. The van der Waals surface area contributed by atoms with Gasteiger partial charge in [-0.3, -0.25) is 4.79 Å². The first-order valence-electron chi connectivity index (χ1n) is 10.4. The van der Waals surface area contributed by atoms with E-state index < -0.39 is 0 Å². The summed E-state index contributed by atoms with van der Waals surface area (Å²) in [4.78, 5) is 11.8. The van der Waals surface area contributed by atoms with Crippen LogP contribution >= 0.6 is 11.8 Å². The van der Waals surface area contributed by atoms with Crippen molar-refractivity contribution in [2.24, 2.45) is 0 Å². The molecule has 0 aliphatic heterocycles. The van der Waals surface area contributed by atoms with Crippen molar-refractivity contribution in [1.82, 2.24) is 0 Å². The van der Waals surface area contributed by atoms with Gasteiger partial charge in [0.1, 0.15) is 0 Å². The Hall–Kier alpha value is -0.0200. The quantitative estimate of drug-likeness (QED) is 0.220. The van der Waals surface area contributed by atoms with E-state index in [1.165, 1.54) is 88.8 Å². The first-order valence-corrected chi connectivity index (χ1v) is 11.4. The summed E-state index contributed by atoms with van der Waals surface area (Å²) in [6.07, 6.45) is 18.5. The zero-order valence-electron chi connectivity index (χ0n) is 17.1. The molecule has 3 heteroatoms. The third-order valence-corrected chi connectivity index (χ3v) is 5.42. The van der Waals surface area contributed by atoms with E-state index in [0.29, 0.717) is 5.12 Å². The molecule has 24 heavy (non-hydrogen) atoms. The first kappa shape index (κ1) is 24.0. The van der Waals surface area contributed by atoms with Gasteiger partial charge in [-0.2, -0.15) is 0 Å². The van der Waals surface area contributed by atoms with E-state index in [4.69, 9.17) is 0 Å². The molecule has 0 fully saturated rings. The Bertz CT molecular complexity index is 286. The summed E-state index contributed by atoms with van der Waals surface area (Å²) >= 11 is 1.53. The van der Waals surface area contributed by atoms with E-state index in [0.717, 1.165) is 29.6 Å². The molecule has 0 heterocycles. The fraction of sp³-hybridized carbons (Fsp3) is 0.952. The Morgan fingerprint density at radius 1 is 0.708 bits per heavy atom. The number of rotatable bonds is 17. The van der Waals surface area contributed by atoms with Crippen LogP contribution in [0, 0.1) is 0 Å². The minimum absolute atomic E-state index is 0.395. The molecule has 0 aliphatic carbocycles. The van der Waals surface area contributed by atoms with Gasteiger partial charge in [0.15, 0.2) is 5.12 Å². The molecule has 0 bridgehead atoms. The predicted octanol–water partition coefficient (Wildman–Crippen LogP) is 6.43. The minimum atomic E-state index is 0.395. The minimum Gasteiger partial charge on any atom is -0.330 e. The van der Waals surface area contributed by atoms with E-state index in [2.05, 4.69) is 28.1 Å². The Kier molecular flexibility index (Phi) is 16.4. The zero-order valence-corrected chi connectivity index (χ0v) is 17.9. The second-order valence-electron chi connectivity index (χ2n) is 8.23. The van der Waals surface area contributed by atoms with E-state index in [1.807, 2.05) is 0 Å². The molecule has 0 atom stereocenters. The molecule has 0 aromatic carbocycles. The standard InChI is InChI=1S/C21H44NOS/c1-5-6-7-8-9-10-11-12-13-14-15-16-17-18-21(23)24-20-19-22(2,3)4/h5-20H2,1-4H3/q+1. The van der Waals surface area contributed by atoms with E-state index >= 15 is 0 Å². The smallest absolute Gasteiger partial charge is 0.189 e. The maximum atomic E-state index is 11.8. The Morgan fingerprint density at radius 2 is 1.12 bits per heavy atom. The van der Waals surface area contributed by atoms with Crippen LogP contribution in [0.15, 0.2) is 0 Å². The monoisotopic (exact) mass is 358 g/mol. The lowest BCUT2D eigenvalue weighted by Crippen LogP contribution is -2.36. The molecule has 0 rings (SSSR count). The van der Waals surface area contributed by atoms with Crippen molar-refractivity contribution in [3.8, 4) is 0 Å². The van der Waals surface area contributed by atoms with Crippen LogP contribution in [0.1, 0.15) is 96.8 Å². The van der Waals surface area contributed by atoms with Gasteiger partial charge in [-0.05, 0) is 6.42 Å². The maximum absolute atomic E-state index is 11.8. The second kappa shape index (κ2) is 16.4. The fourth-order valence-corrected chi connectivity index (χ4v) is 3.95. The molecule has 144 valence electrons. The summed E-state index contributed by atoms with van der Waals surface area (Å²) < 4.78 is 0.943. The summed E-state index contributed by atoms with van der Waals surface area (Å²) in [6, 6.07) is 0. The number of hydrogen-bond acceptors (Lipinski definition) is 2. The average Bonchev–Trinajstić information content (AvgIpc) is 2.50. The Morgan fingerprint density at radius 3 is 1.54 bits per heavy atom. The molecule has 0 aliphatic rings. The van der Waals surface area contributed by atoms with Crippen LogP contribution in [0.2, 0.25) is 0 Å². The van der Waals surface area contributed by atoms with E-state index in [9.17, 15) is 4.79 Å². The number of carbonyl (C=O) groups excluding carboxylic acids is 1. The van der Waals surface area contributed by atoms with Gasteiger partial charge < -0.3 is 4.48 Å². The third-order valence-electron chi connectivity index (χ3n) is 4.51. The lowest BCUT2D eigenvalue weighted by atomic mass is 10.0. The van der Waals surface area contributed by atoms with Gasteiger partial charge in [0, 0.05) is 6.42 Å². The molecular weight excluding hydrogens is 314 g/mol. The second-order valence-corrected chi connectivity index (χ2v) is 9.38. The molecule has 0 aromatic heterocycles. The number of hydrogen-bond donors (Lipinski definition) is 0. The van der Waals surface area contributed by atoms with Crippen molar-refractivity contribution < 1.29 is 9.28 Å². The Balaban J connectivity index is 3.18. The summed E-state index contributed by atoms with van der Waals surface area (Å²) in [6.45, 7) is 3.34. The van der Waals surface area contributed by atoms with E-state index in [1.54, 1.807) is 0 Å². The molecule has 0 unspecified atom stereocenters. The van der Waals surface area contributed by atoms with Gasteiger partial charge >= 0.3 is 0 Å². The zero-order chi connectivity index (χ0) is 18.1. The topological polar surface area (TPSA) is 17.1 Å². The largest absolute Gasteiger partial charge is 0.330 e. The van der Waals surface area contributed by atoms with Crippen molar-refractivity contribution >= 4 is 16.9 Å². The van der Waals surface area contributed by atoms with Gasteiger partial charge in [0.2, 0.25) is 0 Å². The summed E-state index contributed by atoms with van der Waals surface area (Å²) in [5.41, 5.74) is 0. The van der Waals surface area contributed by atoms with Gasteiger partial charge in [-0.25, -0.2) is 0 Å². The van der Waals surface area contributed by atoms with Gasteiger partial charge in [0.25, 0.3) is 0 Å². The molecule has 0 spiro atoms. The normalized spacial score (nSPS) is 11.8. The summed E-state index contributed by atoms with van der Waals surface area (Å²) in [7, 11) is 6.53. The van der Waals surface area contributed by atoms with Gasteiger partial charge in [-0.15, -0.1) is 0 Å². The van der Waals surface area contributed by atoms with Crippen molar-refractivity contribution in [3.05, 3.63) is 0 Å². The summed E-state index contributed by atoms with van der Waals surface area (Å²) in [5.74, 6) is 0.959. The van der Waals surface area contributed by atoms with Crippen molar-refractivity contribution in [1.29, 1.82) is 0 Å². The predicted molar refractivity (Wildman–Crippen MR) is 111 cm³/mol. The highest BCUT2D eigenvalue weighted by molar-refractivity contribution is 8.13. The van der Waals surface area contributed by atoms with Crippen LogP contribution in [0.5, 0.6) is 0 Å². The lowest BCUT2D eigenvalue weighted by molar-refractivity contribution is -0.867. The average molecular weight is 359 g/mol. The van der Waals surface area contributed by atoms with Crippen LogP contribution in [0.3, 0.4) is 0 Å². The van der Waals surface area contributed by atoms with Crippen LogP contribution in [-0.4, -0.2) is 43.0 Å². The van der Waals surface area contributed by atoms with Crippen LogP contribution in [0.25, 0.3) is 0 Å². The van der Waals surface area contributed by atoms with Crippen LogP contribution < -0.4 is 0 Å². The fourth-order valence-electron chi connectivity index (χ4n) is 2.79. The summed E-state index contributed by atoms with van der Waals surface area (Å²) in [5, 5.41) is 0.395. The van der Waals surface area contributed by atoms with Gasteiger partial charge in [0.05, 0.1) is 33.4 Å². The molecule has 2 nitrogen and oxygen atoms in total. The van der Waals surface area contributed by atoms with Crippen LogP contribution in [0.4, 0.5) is 0 Å². The number of carbonyl (C=O) groups is 1. The molecule has 0 radical (unpaired) electrons. The molecular formula is C21H44NOS+. The number of unbranched alkanes of at least 4 members (excludes halogenated alkanes) is 12.